The Labute approximate surface area is 161 Å². The second-order valence-electron chi connectivity index (χ2n) is 4.82. The summed E-state index contributed by atoms with van der Waals surface area (Å²) in [6.07, 6.45) is 0.663. The van der Waals surface area contributed by atoms with Crippen LogP contribution in [0.3, 0.4) is 0 Å². The van der Waals surface area contributed by atoms with E-state index in [-0.39, 0.29) is 17.1 Å². The van der Waals surface area contributed by atoms with Gasteiger partial charge >= 0.3 is 30.2 Å². The highest BCUT2D eigenvalue weighted by Gasteiger charge is 2.05. The summed E-state index contributed by atoms with van der Waals surface area (Å²) in [6.45, 7) is 9.84. The maximum atomic E-state index is 10.5. The number of carbonyl (C=O) groups is 5. The molecule has 1 rings (SSSR count). The van der Waals surface area contributed by atoms with Gasteiger partial charge in [0.15, 0.2) is 0 Å². The molecule has 0 spiro atoms. The Morgan fingerprint density at radius 3 is 1.39 bits per heavy atom. The maximum Gasteiger partial charge on any atom is 0.503 e. The number of carbonyl (C=O) groups excluding carboxylic acids is 1. The number of nitrogens with two attached hydrogens (primary N) is 1. The highest BCUT2D eigenvalue weighted by Crippen LogP contribution is 2.06. The standard InChI is InChI=1S/C6H10O2.2C4H6O2.CH3NO2.CH2O3/c7-6-4-2-1-3-5-8-6;2*1-3(2)4(5)6;2*2-1(3)4/h1-5H2;2*1H2,2H3,(H,5,6);2H2,(H,3,4);(H2,2,3,4). The first kappa shape index (κ1) is 32.1. The van der Waals surface area contributed by atoms with E-state index in [4.69, 9.17) is 39.9 Å². The number of rotatable bonds is 2. The summed E-state index contributed by atoms with van der Waals surface area (Å²) in [4.78, 5) is 47.0. The van der Waals surface area contributed by atoms with Crippen molar-refractivity contribution in [3.63, 3.8) is 0 Å². The lowest BCUT2D eigenvalue weighted by molar-refractivity contribution is -0.142. The fourth-order valence-electron chi connectivity index (χ4n) is 0.806. The topological polar surface area (TPSA) is 222 Å². The normalized spacial score (nSPS) is 11.1. The predicted molar refractivity (Wildman–Crippen MR) is 97.2 cm³/mol. The Bertz CT molecular complexity index is 463. The third-order valence-electron chi connectivity index (χ3n) is 2.02. The first-order valence-corrected chi connectivity index (χ1v) is 7.48. The fraction of sp³-hybridized carbons (Fsp3) is 0.438. The van der Waals surface area contributed by atoms with Crippen LogP contribution in [0.25, 0.3) is 0 Å². The summed E-state index contributed by atoms with van der Waals surface area (Å²) in [7, 11) is 0. The van der Waals surface area contributed by atoms with E-state index in [0.29, 0.717) is 13.0 Å². The number of amides is 1. The van der Waals surface area contributed by atoms with Crippen molar-refractivity contribution >= 4 is 30.2 Å². The van der Waals surface area contributed by atoms with Gasteiger partial charge in [0.25, 0.3) is 0 Å². The van der Waals surface area contributed by atoms with Gasteiger partial charge in [0.05, 0.1) is 6.61 Å². The molecular weight excluding hydrogens is 382 g/mol. The lowest BCUT2D eigenvalue weighted by atomic mass is 10.2. The van der Waals surface area contributed by atoms with Crippen molar-refractivity contribution in [1.82, 2.24) is 0 Å². The maximum absolute atomic E-state index is 10.5. The summed E-state index contributed by atoms with van der Waals surface area (Å²) in [5.41, 5.74) is 4.38. The zero-order chi connectivity index (χ0) is 23.3. The van der Waals surface area contributed by atoms with E-state index in [1.54, 1.807) is 0 Å². The number of cyclic esters (lactones) is 1. The van der Waals surface area contributed by atoms with Crippen LogP contribution in [0, 0.1) is 0 Å². The van der Waals surface area contributed by atoms with Gasteiger partial charge in [-0.25, -0.2) is 19.2 Å². The first-order valence-electron chi connectivity index (χ1n) is 7.48. The van der Waals surface area contributed by atoms with Crippen LogP contribution in [-0.2, 0) is 19.1 Å². The van der Waals surface area contributed by atoms with Gasteiger partial charge in [-0.3, -0.25) is 4.79 Å². The Morgan fingerprint density at radius 1 is 0.857 bits per heavy atom. The molecule has 1 aliphatic rings. The molecule has 1 amide bonds. The minimum absolute atomic E-state index is 0.0255. The number of hydrogen-bond donors (Lipinski definition) is 6. The zero-order valence-electron chi connectivity index (χ0n) is 15.7. The van der Waals surface area contributed by atoms with E-state index in [1.165, 1.54) is 13.8 Å². The molecule has 0 aromatic rings. The van der Waals surface area contributed by atoms with Crippen LogP contribution in [0.5, 0.6) is 0 Å². The van der Waals surface area contributed by atoms with Gasteiger partial charge in [0.2, 0.25) is 0 Å². The highest BCUT2D eigenvalue weighted by atomic mass is 16.6. The van der Waals surface area contributed by atoms with E-state index < -0.39 is 24.2 Å². The van der Waals surface area contributed by atoms with E-state index in [0.717, 1.165) is 19.3 Å². The van der Waals surface area contributed by atoms with Crippen LogP contribution in [0.1, 0.15) is 39.5 Å². The van der Waals surface area contributed by atoms with Gasteiger partial charge in [0.1, 0.15) is 0 Å². The van der Waals surface area contributed by atoms with Crippen LogP contribution < -0.4 is 5.73 Å². The molecule has 0 saturated carbocycles. The molecule has 1 fully saturated rings. The second kappa shape index (κ2) is 21.5. The third-order valence-corrected chi connectivity index (χ3v) is 2.02. The number of carboxylic acids is 2. The SMILES string of the molecule is C=C(C)C(=O)O.C=C(C)C(=O)O.NC(=O)O.O=C(O)O.O=C1CCCCCO1. The fourth-order valence-corrected chi connectivity index (χ4v) is 0.806. The molecule has 1 aliphatic heterocycles. The van der Waals surface area contributed by atoms with Gasteiger partial charge in [-0.1, -0.05) is 13.2 Å². The molecule has 0 unspecified atom stereocenters. The van der Waals surface area contributed by atoms with Crippen LogP contribution >= 0.6 is 0 Å². The van der Waals surface area contributed by atoms with Gasteiger partial charge in [-0.05, 0) is 33.1 Å². The molecule has 0 aromatic heterocycles. The van der Waals surface area contributed by atoms with Crippen molar-refractivity contribution in [1.29, 1.82) is 0 Å². The van der Waals surface area contributed by atoms with Crippen molar-refractivity contribution in [3.8, 4) is 0 Å². The number of primary amides is 1. The molecule has 0 radical (unpaired) electrons. The van der Waals surface area contributed by atoms with E-state index in [1.807, 2.05) is 0 Å². The molecule has 0 atom stereocenters. The van der Waals surface area contributed by atoms with Crippen LogP contribution in [-0.4, -0.2) is 62.3 Å². The average molecular weight is 409 g/mol. The summed E-state index contributed by atoms with van der Waals surface area (Å²) < 4.78 is 4.76. The van der Waals surface area contributed by atoms with Gasteiger partial charge < -0.3 is 36.0 Å². The molecule has 0 aliphatic carbocycles. The minimum atomic E-state index is -1.83. The van der Waals surface area contributed by atoms with E-state index in [2.05, 4.69) is 18.9 Å². The molecule has 1 saturated heterocycles. The molecule has 162 valence electrons. The number of carboxylic acid groups (broad SMARTS) is 5. The summed E-state index contributed by atoms with van der Waals surface area (Å²) in [6, 6.07) is 0. The Hall–Kier alpha value is -3.57. The predicted octanol–water partition coefficient (Wildman–Crippen LogP) is 2.24. The number of aliphatic carboxylic acids is 2. The molecule has 28 heavy (non-hydrogen) atoms. The van der Waals surface area contributed by atoms with Gasteiger partial charge in [-0.15, -0.1) is 0 Å². The zero-order valence-corrected chi connectivity index (χ0v) is 15.7. The van der Waals surface area contributed by atoms with Crippen LogP contribution in [0.15, 0.2) is 24.3 Å². The monoisotopic (exact) mass is 409 g/mol. The van der Waals surface area contributed by atoms with E-state index >= 15 is 0 Å². The number of ether oxygens (including phenoxy) is 1. The largest absolute Gasteiger partial charge is 0.503 e. The molecular formula is C16H27NO11. The molecule has 0 bridgehead atoms. The van der Waals surface area contributed by atoms with Crippen LogP contribution in [0.4, 0.5) is 9.59 Å². The summed E-state index contributed by atoms with van der Waals surface area (Å²) >= 11 is 0. The number of esters is 1. The lowest BCUT2D eigenvalue weighted by Gasteiger charge is -1.93. The summed E-state index contributed by atoms with van der Waals surface area (Å²) in [5.74, 6) is -1.90. The van der Waals surface area contributed by atoms with Crippen molar-refractivity contribution < 1.29 is 54.2 Å². The second-order valence-corrected chi connectivity index (χ2v) is 4.82. The smallest absolute Gasteiger partial charge is 0.478 e. The molecule has 1 heterocycles. The highest BCUT2D eigenvalue weighted by molar-refractivity contribution is 5.85. The van der Waals surface area contributed by atoms with Gasteiger partial charge in [0, 0.05) is 17.6 Å². The van der Waals surface area contributed by atoms with E-state index in [9.17, 15) is 14.4 Å². The Balaban J connectivity index is -0.000000133. The van der Waals surface area contributed by atoms with Gasteiger partial charge in [-0.2, -0.15) is 0 Å². The van der Waals surface area contributed by atoms with Crippen molar-refractivity contribution in [2.24, 2.45) is 5.73 Å². The average Bonchev–Trinajstić information content (AvgIpc) is 2.74. The third kappa shape index (κ3) is 57.1. The van der Waals surface area contributed by atoms with Crippen molar-refractivity contribution in [3.05, 3.63) is 24.3 Å². The van der Waals surface area contributed by atoms with Crippen molar-refractivity contribution in [2.75, 3.05) is 6.61 Å². The Morgan fingerprint density at radius 2 is 1.14 bits per heavy atom. The molecule has 12 heteroatoms. The minimum Gasteiger partial charge on any atom is -0.478 e. The molecule has 7 N–H and O–H groups in total. The van der Waals surface area contributed by atoms with Crippen molar-refractivity contribution in [2.45, 2.75) is 39.5 Å². The summed E-state index contributed by atoms with van der Waals surface area (Å²) in [5, 5.41) is 36.9. The van der Waals surface area contributed by atoms with Crippen LogP contribution in [0.2, 0.25) is 0 Å². The number of hydrogen-bond acceptors (Lipinski definition) is 6. The molecule has 0 aromatic carbocycles. The Kier molecular flexibility index (Phi) is 24.6. The molecule has 12 nitrogen and oxygen atoms in total. The first-order chi connectivity index (χ1) is 12.6. The quantitative estimate of drug-likeness (QED) is 0.286. The lowest BCUT2D eigenvalue weighted by Crippen LogP contribution is -2.03.